The number of aryl methyl sites for hydroxylation is 1. The van der Waals surface area contributed by atoms with Crippen LogP contribution in [0.4, 0.5) is 19.0 Å². The lowest BCUT2D eigenvalue weighted by atomic mass is 10.1. The Balaban J connectivity index is 2.21. The third kappa shape index (κ3) is 3.25. The van der Waals surface area contributed by atoms with Crippen LogP contribution in [-0.4, -0.2) is 19.6 Å². The van der Waals surface area contributed by atoms with Crippen molar-refractivity contribution in [1.82, 2.24) is 9.55 Å². The molecule has 1 N–H and O–H groups in total. The van der Waals surface area contributed by atoms with Crippen molar-refractivity contribution in [1.29, 1.82) is 0 Å². The van der Waals surface area contributed by atoms with Gasteiger partial charge >= 0.3 is 12.0 Å². The molecule has 6 nitrogen and oxygen atoms in total. The van der Waals surface area contributed by atoms with Gasteiger partial charge in [-0.05, 0) is 22.6 Å². The van der Waals surface area contributed by atoms with E-state index in [1.807, 2.05) is 0 Å². The Labute approximate surface area is 123 Å². The molecule has 0 amide bonds. The Morgan fingerprint density at radius 3 is 2.45 bits per heavy atom. The summed E-state index contributed by atoms with van der Waals surface area (Å²) >= 11 is 0. The Kier molecular flexibility index (Phi) is 4.18. The lowest BCUT2D eigenvalue weighted by molar-refractivity contribution is -0.392. The Hall–Kier alpha value is -2.42. The summed E-state index contributed by atoms with van der Waals surface area (Å²) in [5, 5.41) is 20.9. The third-order valence-electron chi connectivity index (χ3n) is 3.20. The monoisotopic (exact) mass is 315 g/mol. The van der Waals surface area contributed by atoms with Gasteiger partial charge in [0.25, 0.3) is 0 Å². The number of benzene rings is 1. The summed E-state index contributed by atoms with van der Waals surface area (Å²) in [4.78, 5) is 14.0. The maximum atomic E-state index is 12.5. The number of aliphatic hydroxyl groups excluding tert-OH is 1. The average molecular weight is 315 g/mol. The first-order valence-electron chi connectivity index (χ1n) is 6.22. The SMILES string of the molecule is Cc1ncc([N+](=O)[O-])n1CC(O)c1ccc(C(F)(F)F)cc1. The van der Waals surface area contributed by atoms with Crippen LogP contribution in [0.15, 0.2) is 30.5 Å². The molecule has 2 rings (SSSR count). The quantitative estimate of drug-likeness (QED) is 0.695. The van der Waals surface area contributed by atoms with E-state index in [0.29, 0.717) is 5.82 Å². The molecule has 2 aromatic rings. The van der Waals surface area contributed by atoms with Crippen LogP contribution >= 0.6 is 0 Å². The van der Waals surface area contributed by atoms with Crippen LogP contribution in [0.3, 0.4) is 0 Å². The largest absolute Gasteiger partial charge is 0.416 e. The molecule has 0 radical (unpaired) electrons. The van der Waals surface area contributed by atoms with Crippen molar-refractivity contribution < 1.29 is 23.2 Å². The van der Waals surface area contributed by atoms with Gasteiger partial charge in [0, 0.05) is 6.92 Å². The molecule has 0 aliphatic heterocycles. The highest BCUT2D eigenvalue weighted by Gasteiger charge is 2.30. The second-order valence-electron chi connectivity index (χ2n) is 4.67. The summed E-state index contributed by atoms with van der Waals surface area (Å²) in [6.45, 7) is 1.36. The van der Waals surface area contributed by atoms with Gasteiger partial charge in [0.15, 0.2) is 5.82 Å². The Bertz CT molecular complexity index is 680. The van der Waals surface area contributed by atoms with Crippen molar-refractivity contribution in [2.45, 2.75) is 25.7 Å². The highest BCUT2D eigenvalue weighted by Crippen LogP contribution is 2.30. The Morgan fingerprint density at radius 1 is 1.36 bits per heavy atom. The van der Waals surface area contributed by atoms with Crippen LogP contribution in [0, 0.1) is 17.0 Å². The highest BCUT2D eigenvalue weighted by atomic mass is 19.4. The summed E-state index contributed by atoms with van der Waals surface area (Å²) in [7, 11) is 0. The second kappa shape index (κ2) is 5.76. The predicted molar refractivity (Wildman–Crippen MR) is 70.0 cm³/mol. The zero-order valence-electron chi connectivity index (χ0n) is 11.4. The van der Waals surface area contributed by atoms with Gasteiger partial charge in [0.05, 0.1) is 5.56 Å². The summed E-state index contributed by atoms with van der Waals surface area (Å²) in [6, 6.07) is 4.00. The normalized spacial score (nSPS) is 13.1. The van der Waals surface area contributed by atoms with Gasteiger partial charge in [-0.3, -0.25) is 0 Å². The number of nitrogens with zero attached hydrogens (tertiary/aromatic N) is 3. The zero-order chi connectivity index (χ0) is 16.5. The number of aromatic nitrogens is 2. The van der Waals surface area contributed by atoms with Crippen molar-refractivity contribution >= 4 is 5.82 Å². The molecule has 0 saturated heterocycles. The van der Waals surface area contributed by atoms with E-state index in [9.17, 15) is 28.4 Å². The molecule has 0 fully saturated rings. The van der Waals surface area contributed by atoms with E-state index in [1.54, 1.807) is 0 Å². The van der Waals surface area contributed by atoms with E-state index in [-0.39, 0.29) is 17.9 Å². The Morgan fingerprint density at radius 2 is 1.95 bits per heavy atom. The highest BCUT2D eigenvalue weighted by molar-refractivity contribution is 5.27. The van der Waals surface area contributed by atoms with Crippen molar-refractivity contribution in [3.05, 3.63) is 57.5 Å². The first-order valence-corrected chi connectivity index (χ1v) is 6.22. The van der Waals surface area contributed by atoms with E-state index in [4.69, 9.17) is 0 Å². The first-order chi connectivity index (χ1) is 10.2. The molecule has 0 spiro atoms. The summed E-state index contributed by atoms with van der Waals surface area (Å²) in [5.74, 6) is 0.0427. The molecule has 1 heterocycles. The lowest BCUT2D eigenvalue weighted by Crippen LogP contribution is -2.13. The molecular formula is C13H12F3N3O3. The number of alkyl halides is 3. The number of hydrogen-bond donors (Lipinski definition) is 1. The molecule has 1 atom stereocenters. The van der Waals surface area contributed by atoms with E-state index in [1.165, 1.54) is 11.5 Å². The fourth-order valence-electron chi connectivity index (χ4n) is 2.00. The van der Waals surface area contributed by atoms with Crippen LogP contribution in [-0.2, 0) is 12.7 Å². The second-order valence-corrected chi connectivity index (χ2v) is 4.67. The first kappa shape index (κ1) is 16.0. The number of imidazole rings is 1. The fraction of sp³-hybridized carbons (Fsp3) is 0.308. The van der Waals surface area contributed by atoms with Gasteiger partial charge in [-0.25, -0.2) is 9.55 Å². The maximum Gasteiger partial charge on any atom is 0.416 e. The molecule has 0 bridgehead atoms. The van der Waals surface area contributed by atoms with Crippen LogP contribution in [0.2, 0.25) is 0 Å². The van der Waals surface area contributed by atoms with Gasteiger partial charge in [0.1, 0.15) is 18.8 Å². The summed E-state index contributed by atoms with van der Waals surface area (Å²) in [6.07, 6.45) is -4.58. The number of halogens is 3. The lowest BCUT2D eigenvalue weighted by Gasteiger charge is -2.12. The van der Waals surface area contributed by atoms with Gasteiger partial charge in [0.2, 0.25) is 0 Å². The van der Waals surface area contributed by atoms with E-state index >= 15 is 0 Å². The van der Waals surface area contributed by atoms with Crippen LogP contribution < -0.4 is 0 Å². The van der Waals surface area contributed by atoms with Gasteiger partial charge in [-0.2, -0.15) is 13.2 Å². The van der Waals surface area contributed by atoms with Crippen LogP contribution in [0.1, 0.15) is 23.1 Å². The fourth-order valence-corrected chi connectivity index (χ4v) is 2.00. The molecule has 118 valence electrons. The van der Waals surface area contributed by atoms with Gasteiger partial charge in [-0.1, -0.05) is 12.1 Å². The average Bonchev–Trinajstić information content (AvgIpc) is 2.79. The number of aliphatic hydroxyl groups is 1. The van der Waals surface area contributed by atoms with E-state index in [0.717, 1.165) is 30.5 Å². The van der Waals surface area contributed by atoms with Gasteiger partial charge in [-0.15, -0.1) is 0 Å². The molecule has 22 heavy (non-hydrogen) atoms. The number of nitro groups is 1. The molecule has 1 aromatic heterocycles. The molecule has 9 heteroatoms. The van der Waals surface area contributed by atoms with E-state index in [2.05, 4.69) is 4.98 Å². The maximum absolute atomic E-state index is 12.5. The van der Waals surface area contributed by atoms with E-state index < -0.39 is 22.8 Å². The predicted octanol–water partition coefficient (Wildman–Crippen LogP) is 2.85. The number of rotatable bonds is 4. The summed E-state index contributed by atoms with van der Waals surface area (Å²) < 4.78 is 38.6. The smallest absolute Gasteiger partial charge is 0.384 e. The molecular weight excluding hydrogens is 303 g/mol. The summed E-state index contributed by atoms with van der Waals surface area (Å²) in [5.41, 5.74) is -0.594. The molecule has 0 aliphatic rings. The van der Waals surface area contributed by atoms with Crippen molar-refractivity contribution in [2.24, 2.45) is 0 Å². The standard InChI is InChI=1S/C13H12F3N3O3/c1-8-17-6-12(19(21)22)18(8)7-11(20)9-2-4-10(5-3-9)13(14,15)16/h2-6,11,20H,7H2,1H3. The van der Waals surface area contributed by atoms with Crippen LogP contribution in [0.25, 0.3) is 0 Å². The van der Waals surface area contributed by atoms with Crippen molar-refractivity contribution in [2.75, 3.05) is 0 Å². The third-order valence-corrected chi connectivity index (χ3v) is 3.20. The van der Waals surface area contributed by atoms with Crippen molar-refractivity contribution in [3.8, 4) is 0 Å². The minimum Gasteiger partial charge on any atom is -0.384 e. The molecule has 0 saturated carbocycles. The minimum atomic E-state index is -4.46. The van der Waals surface area contributed by atoms with Crippen LogP contribution in [0.5, 0.6) is 0 Å². The van der Waals surface area contributed by atoms with Gasteiger partial charge < -0.3 is 15.2 Å². The molecule has 0 aliphatic carbocycles. The zero-order valence-corrected chi connectivity index (χ0v) is 11.4. The minimum absolute atomic E-state index is 0.173. The molecule has 1 unspecified atom stereocenters. The molecule has 1 aromatic carbocycles. The van der Waals surface area contributed by atoms with Crippen molar-refractivity contribution in [3.63, 3.8) is 0 Å². The topological polar surface area (TPSA) is 81.2 Å². The number of hydrogen-bond acceptors (Lipinski definition) is 4.